The van der Waals surface area contributed by atoms with Crippen molar-refractivity contribution in [2.24, 2.45) is 0 Å². The van der Waals surface area contributed by atoms with Crippen LogP contribution in [0.25, 0.3) is 0 Å². The molecule has 8 heteroatoms. The molecular formula is C31H59O7P. The molecule has 0 saturated carbocycles. The van der Waals surface area contributed by atoms with E-state index < -0.39 is 37.8 Å². The van der Waals surface area contributed by atoms with E-state index in [0.717, 1.165) is 51.4 Å². The Bertz CT molecular complexity index is 632. The standard InChI is InChI=1S/C31H59O7P/c1-3-5-7-9-11-13-15-17-19-21-23-25-28(33)31(30(35)27-32,38-39(36)37)29(34)26-24-22-20-18-16-14-12-10-8-6-4-2/h30,32,35H,3-27H2,1-2H3. The molecule has 0 rings (SSSR count). The van der Waals surface area contributed by atoms with Crippen LogP contribution in [0.3, 0.4) is 0 Å². The number of hydrogen-bond acceptors (Lipinski definition) is 7. The Morgan fingerprint density at radius 2 is 0.872 bits per heavy atom. The molecule has 0 aromatic rings. The van der Waals surface area contributed by atoms with Crippen LogP contribution in [0.1, 0.15) is 168 Å². The summed E-state index contributed by atoms with van der Waals surface area (Å²) in [5.41, 5.74) is -2.54. The highest BCUT2D eigenvalue weighted by atomic mass is 31.1. The monoisotopic (exact) mass is 574 g/mol. The molecule has 0 aromatic heterocycles. The van der Waals surface area contributed by atoms with E-state index in [9.17, 15) is 28.9 Å². The van der Waals surface area contributed by atoms with Crippen molar-refractivity contribution in [2.75, 3.05) is 6.61 Å². The number of carbonyl (C=O) groups excluding carboxylic acids is 2. The van der Waals surface area contributed by atoms with Gasteiger partial charge in [-0.3, -0.25) is 9.59 Å². The number of rotatable bonds is 30. The number of unbranched alkanes of at least 4 members (excludes halogenated alkanes) is 20. The van der Waals surface area contributed by atoms with Crippen LogP contribution in [0.15, 0.2) is 0 Å². The van der Waals surface area contributed by atoms with Crippen LogP contribution < -0.4 is 0 Å². The van der Waals surface area contributed by atoms with Crippen LogP contribution in [0.4, 0.5) is 0 Å². The molecule has 0 aromatic carbocycles. The summed E-state index contributed by atoms with van der Waals surface area (Å²) < 4.78 is 27.8. The molecule has 0 aliphatic heterocycles. The smallest absolute Gasteiger partial charge is 0.394 e. The molecule has 0 heterocycles. The van der Waals surface area contributed by atoms with Crippen LogP contribution in [0.2, 0.25) is 0 Å². The van der Waals surface area contributed by atoms with Crippen molar-refractivity contribution in [2.45, 2.75) is 180 Å². The summed E-state index contributed by atoms with van der Waals surface area (Å²) >= 11 is 0. The highest BCUT2D eigenvalue weighted by Crippen LogP contribution is 2.31. The molecular weight excluding hydrogens is 515 g/mol. The summed E-state index contributed by atoms with van der Waals surface area (Å²) in [5.74, 6) is -1.51. The fraction of sp³-hybridized carbons (Fsp3) is 0.935. The molecule has 7 nitrogen and oxygen atoms in total. The number of aliphatic hydroxyl groups excluding tert-OH is 2. The first-order chi connectivity index (χ1) is 18.9. The maximum atomic E-state index is 13.1. The van der Waals surface area contributed by atoms with E-state index in [0.29, 0.717) is 12.8 Å². The zero-order valence-electron chi connectivity index (χ0n) is 25.1. The van der Waals surface area contributed by atoms with Gasteiger partial charge in [0.1, 0.15) is 6.10 Å². The van der Waals surface area contributed by atoms with E-state index in [1.807, 2.05) is 0 Å². The lowest BCUT2D eigenvalue weighted by atomic mass is 9.82. The highest BCUT2D eigenvalue weighted by molar-refractivity contribution is 7.24. The predicted molar refractivity (Wildman–Crippen MR) is 157 cm³/mol. The van der Waals surface area contributed by atoms with Crippen molar-refractivity contribution in [3.63, 3.8) is 0 Å². The molecule has 1 unspecified atom stereocenters. The van der Waals surface area contributed by atoms with E-state index in [-0.39, 0.29) is 12.8 Å². The van der Waals surface area contributed by atoms with E-state index in [2.05, 4.69) is 13.8 Å². The largest absolute Gasteiger partial charge is 0.469 e. The molecule has 0 bridgehead atoms. The van der Waals surface area contributed by atoms with Crippen molar-refractivity contribution in [1.29, 1.82) is 0 Å². The van der Waals surface area contributed by atoms with Crippen LogP contribution in [-0.4, -0.2) is 40.1 Å². The average Bonchev–Trinajstić information content (AvgIpc) is 2.92. The summed E-state index contributed by atoms with van der Waals surface area (Å²) in [7, 11) is -3.57. The van der Waals surface area contributed by atoms with Gasteiger partial charge in [-0.05, 0) is 12.8 Å². The van der Waals surface area contributed by atoms with Crippen LogP contribution >= 0.6 is 7.91 Å². The SMILES string of the molecule is CCCCCCCCCCCCCC(=O)C(OP(=O)=O)(C(=O)CCCCCCCCCCCCC)C(O)CO. The van der Waals surface area contributed by atoms with Gasteiger partial charge >= 0.3 is 7.91 Å². The lowest BCUT2D eigenvalue weighted by molar-refractivity contribution is -0.161. The molecule has 0 aliphatic rings. The topological polar surface area (TPSA) is 118 Å². The molecule has 0 aliphatic carbocycles. The fourth-order valence-corrected chi connectivity index (χ4v) is 5.77. The first-order valence-corrected chi connectivity index (χ1v) is 17.1. The Morgan fingerprint density at radius 1 is 0.590 bits per heavy atom. The second-order valence-corrected chi connectivity index (χ2v) is 11.8. The molecule has 0 saturated heterocycles. The maximum absolute atomic E-state index is 13.1. The number of carbonyl (C=O) groups is 2. The van der Waals surface area contributed by atoms with Gasteiger partial charge in [-0.15, -0.1) is 0 Å². The third-order valence-corrected chi connectivity index (χ3v) is 8.14. The Morgan fingerprint density at radius 3 is 1.13 bits per heavy atom. The summed E-state index contributed by atoms with van der Waals surface area (Å²) in [5, 5.41) is 20.0. The molecule has 230 valence electrons. The van der Waals surface area contributed by atoms with E-state index >= 15 is 0 Å². The molecule has 0 fully saturated rings. The van der Waals surface area contributed by atoms with Crippen molar-refractivity contribution in [3.8, 4) is 0 Å². The lowest BCUT2D eigenvalue weighted by Gasteiger charge is -2.31. The molecule has 1 atom stereocenters. The second kappa shape index (κ2) is 26.0. The minimum absolute atomic E-state index is 0.0682. The van der Waals surface area contributed by atoms with E-state index in [4.69, 9.17) is 4.52 Å². The lowest BCUT2D eigenvalue weighted by Crippen LogP contribution is -2.58. The Kier molecular flexibility index (Phi) is 25.5. The average molecular weight is 575 g/mol. The number of ketones is 2. The molecule has 0 spiro atoms. The summed E-state index contributed by atoms with van der Waals surface area (Å²) in [6.07, 6.45) is 22.1. The summed E-state index contributed by atoms with van der Waals surface area (Å²) in [6, 6.07) is 0. The zero-order chi connectivity index (χ0) is 29.2. The normalized spacial score (nSPS) is 12.5. The van der Waals surface area contributed by atoms with Gasteiger partial charge in [0.25, 0.3) is 0 Å². The van der Waals surface area contributed by atoms with Crippen molar-refractivity contribution < 1.29 is 33.5 Å². The Labute approximate surface area is 239 Å². The molecule has 39 heavy (non-hydrogen) atoms. The Balaban J connectivity index is 4.56. The quantitative estimate of drug-likeness (QED) is 0.0500. The summed E-state index contributed by atoms with van der Waals surface area (Å²) in [6.45, 7) is 3.49. The number of hydrogen-bond donors (Lipinski definition) is 2. The molecule has 0 amide bonds. The fourth-order valence-electron chi connectivity index (χ4n) is 5.21. The summed E-state index contributed by atoms with van der Waals surface area (Å²) in [4.78, 5) is 26.2. The first-order valence-electron chi connectivity index (χ1n) is 16.1. The molecule has 2 N–H and O–H groups in total. The maximum Gasteiger partial charge on any atom is 0.469 e. The van der Waals surface area contributed by atoms with Crippen LogP contribution in [0.5, 0.6) is 0 Å². The van der Waals surface area contributed by atoms with E-state index in [1.54, 1.807) is 0 Å². The van der Waals surface area contributed by atoms with Gasteiger partial charge in [0, 0.05) is 12.8 Å². The van der Waals surface area contributed by atoms with Crippen molar-refractivity contribution in [3.05, 3.63) is 0 Å². The third kappa shape index (κ3) is 18.2. The number of Topliss-reactive ketones (excluding diaryl/α,β-unsaturated/α-hetero) is 2. The van der Waals surface area contributed by atoms with Gasteiger partial charge in [-0.1, -0.05) is 142 Å². The minimum Gasteiger partial charge on any atom is -0.394 e. The molecule has 0 radical (unpaired) electrons. The van der Waals surface area contributed by atoms with Gasteiger partial charge in [-0.25, -0.2) is 13.7 Å². The van der Waals surface area contributed by atoms with Crippen molar-refractivity contribution >= 4 is 19.5 Å². The van der Waals surface area contributed by atoms with Gasteiger partial charge in [0.2, 0.25) is 5.60 Å². The van der Waals surface area contributed by atoms with E-state index in [1.165, 1.54) is 77.0 Å². The van der Waals surface area contributed by atoms with Gasteiger partial charge in [0.15, 0.2) is 11.6 Å². The Hall–Kier alpha value is -0.880. The highest BCUT2D eigenvalue weighted by Gasteiger charge is 2.53. The van der Waals surface area contributed by atoms with Gasteiger partial charge in [-0.2, -0.15) is 0 Å². The minimum atomic E-state index is -3.57. The third-order valence-electron chi connectivity index (χ3n) is 7.70. The van der Waals surface area contributed by atoms with Crippen LogP contribution in [0, 0.1) is 0 Å². The second-order valence-electron chi connectivity index (χ2n) is 11.2. The first kappa shape index (κ1) is 38.1. The zero-order valence-corrected chi connectivity index (χ0v) is 26.0. The number of aliphatic hydroxyl groups is 2. The predicted octanol–water partition coefficient (Wildman–Crippen LogP) is 8.72. The van der Waals surface area contributed by atoms with Gasteiger partial charge in [0.05, 0.1) is 6.61 Å². The van der Waals surface area contributed by atoms with Crippen molar-refractivity contribution in [1.82, 2.24) is 0 Å². The van der Waals surface area contributed by atoms with Crippen LogP contribution in [-0.2, 0) is 23.2 Å². The van der Waals surface area contributed by atoms with Gasteiger partial charge < -0.3 is 10.2 Å².